The molecular weight excluding hydrogens is 370 g/mol. The van der Waals surface area contributed by atoms with E-state index in [0.717, 1.165) is 10.6 Å². The highest BCUT2D eigenvalue weighted by atomic mass is 32.2. The van der Waals surface area contributed by atoms with E-state index < -0.39 is 0 Å². The first kappa shape index (κ1) is 18.2. The molecule has 9 heteroatoms. The summed E-state index contributed by atoms with van der Waals surface area (Å²) in [5.74, 6) is 0.0444. The van der Waals surface area contributed by atoms with E-state index in [4.69, 9.17) is 0 Å². The Hall–Kier alpha value is -2.65. The highest BCUT2D eigenvalue weighted by molar-refractivity contribution is 7.99. The molecule has 2 N–H and O–H groups in total. The molecule has 2 aromatic heterocycles. The van der Waals surface area contributed by atoms with E-state index in [-0.39, 0.29) is 17.6 Å². The van der Waals surface area contributed by atoms with Gasteiger partial charge in [-0.2, -0.15) is 0 Å². The van der Waals surface area contributed by atoms with Crippen LogP contribution in [0.1, 0.15) is 11.8 Å². The zero-order valence-electron chi connectivity index (χ0n) is 14.0. The normalized spacial score (nSPS) is 10.5. The third-order valence-electron chi connectivity index (χ3n) is 3.33. The van der Waals surface area contributed by atoms with Gasteiger partial charge in [-0.1, -0.05) is 23.9 Å². The standard InChI is InChI=1S/C17H17N5O2S2/c1-12(23)20-13-4-2-5-14(8-13)22-11-19-21-17(22)26-10-16(24)18-9-15-6-3-7-25-15/h2-8,11H,9-10H2,1H3,(H,18,24)(H,20,23). The van der Waals surface area contributed by atoms with Crippen LogP contribution in [0.5, 0.6) is 0 Å². The molecule has 3 rings (SSSR count). The Kier molecular flexibility index (Phi) is 6.03. The maximum Gasteiger partial charge on any atom is 0.230 e. The van der Waals surface area contributed by atoms with Crippen molar-refractivity contribution in [3.63, 3.8) is 0 Å². The first-order valence-electron chi connectivity index (χ1n) is 7.82. The predicted molar refractivity (Wildman–Crippen MR) is 103 cm³/mol. The van der Waals surface area contributed by atoms with Gasteiger partial charge in [0, 0.05) is 17.5 Å². The van der Waals surface area contributed by atoms with Crippen LogP contribution < -0.4 is 10.6 Å². The average Bonchev–Trinajstić information content (AvgIpc) is 3.29. The Morgan fingerprint density at radius 1 is 1.27 bits per heavy atom. The van der Waals surface area contributed by atoms with Gasteiger partial charge in [0.25, 0.3) is 0 Å². The van der Waals surface area contributed by atoms with Crippen LogP contribution in [-0.2, 0) is 16.1 Å². The first-order chi connectivity index (χ1) is 12.6. The molecule has 0 bridgehead atoms. The van der Waals surface area contributed by atoms with E-state index in [1.54, 1.807) is 28.3 Å². The number of aromatic nitrogens is 3. The molecule has 0 atom stereocenters. The molecule has 0 fully saturated rings. The second-order valence-corrected chi connectivity index (χ2v) is 7.33. The highest BCUT2D eigenvalue weighted by Crippen LogP contribution is 2.21. The Morgan fingerprint density at radius 2 is 2.15 bits per heavy atom. The number of anilines is 1. The molecule has 0 aliphatic heterocycles. The van der Waals surface area contributed by atoms with E-state index in [2.05, 4.69) is 20.8 Å². The van der Waals surface area contributed by atoms with Crippen molar-refractivity contribution in [2.24, 2.45) is 0 Å². The molecule has 7 nitrogen and oxygen atoms in total. The van der Waals surface area contributed by atoms with E-state index >= 15 is 0 Å². The molecule has 26 heavy (non-hydrogen) atoms. The lowest BCUT2D eigenvalue weighted by molar-refractivity contribution is -0.118. The topological polar surface area (TPSA) is 88.9 Å². The first-order valence-corrected chi connectivity index (χ1v) is 9.68. The van der Waals surface area contributed by atoms with Crippen LogP contribution in [0.15, 0.2) is 53.3 Å². The molecule has 1 aromatic carbocycles. The minimum Gasteiger partial charge on any atom is -0.350 e. The molecule has 0 saturated heterocycles. The van der Waals surface area contributed by atoms with Crippen molar-refractivity contribution in [1.82, 2.24) is 20.1 Å². The molecule has 134 valence electrons. The van der Waals surface area contributed by atoms with Gasteiger partial charge in [-0.3, -0.25) is 14.2 Å². The Balaban J connectivity index is 1.61. The Morgan fingerprint density at radius 3 is 2.92 bits per heavy atom. The lowest BCUT2D eigenvalue weighted by atomic mass is 10.2. The number of amides is 2. The quantitative estimate of drug-likeness (QED) is 0.609. The molecule has 0 unspecified atom stereocenters. The number of benzene rings is 1. The predicted octanol–water partition coefficient (Wildman–Crippen LogP) is 2.70. The summed E-state index contributed by atoms with van der Waals surface area (Å²) in [5.41, 5.74) is 1.50. The highest BCUT2D eigenvalue weighted by Gasteiger charge is 2.11. The van der Waals surface area contributed by atoms with Crippen LogP contribution >= 0.6 is 23.1 Å². The monoisotopic (exact) mass is 387 g/mol. The van der Waals surface area contributed by atoms with E-state index in [1.807, 2.05) is 35.7 Å². The molecule has 3 aromatic rings. The van der Waals surface area contributed by atoms with Gasteiger partial charge in [0.15, 0.2) is 5.16 Å². The van der Waals surface area contributed by atoms with Gasteiger partial charge >= 0.3 is 0 Å². The molecule has 0 radical (unpaired) electrons. The third kappa shape index (κ3) is 4.93. The van der Waals surface area contributed by atoms with Gasteiger partial charge < -0.3 is 10.6 Å². The summed E-state index contributed by atoms with van der Waals surface area (Å²) >= 11 is 2.91. The largest absolute Gasteiger partial charge is 0.350 e. The Labute approximate surface area is 158 Å². The van der Waals surface area contributed by atoms with Crippen molar-refractivity contribution in [2.45, 2.75) is 18.6 Å². The molecule has 0 saturated carbocycles. The second kappa shape index (κ2) is 8.63. The number of carbonyl (C=O) groups excluding carboxylic acids is 2. The van der Waals surface area contributed by atoms with Crippen molar-refractivity contribution in [2.75, 3.05) is 11.1 Å². The minimum atomic E-state index is -0.136. The molecular formula is C17H17N5O2S2. The van der Waals surface area contributed by atoms with E-state index in [0.29, 0.717) is 17.4 Å². The van der Waals surface area contributed by atoms with Gasteiger partial charge in [0.1, 0.15) is 6.33 Å². The van der Waals surface area contributed by atoms with Crippen molar-refractivity contribution >= 4 is 40.6 Å². The number of rotatable bonds is 7. The smallest absolute Gasteiger partial charge is 0.230 e. The number of nitrogens with zero attached hydrogens (tertiary/aromatic N) is 3. The second-order valence-electron chi connectivity index (χ2n) is 5.36. The van der Waals surface area contributed by atoms with Crippen molar-refractivity contribution in [3.8, 4) is 5.69 Å². The molecule has 2 amide bonds. The van der Waals surface area contributed by atoms with Gasteiger partial charge in [-0.25, -0.2) is 0 Å². The van der Waals surface area contributed by atoms with Crippen LogP contribution in [0.25, 0.3) is 5.69 Å². The lowest BCUT2D eigenvalue weighted by Crippen LogP contribution is -2.24. The summed E-state index contributed by atoms with van der Waals surface area (Å²) < 4.78 is 1.78. The van der Waals surface area contributed by atoms with Crippen LogP contribution in [0.2, 0.25) is 0 Å². The van der Waals surface area contributed by atoms with Gasteiger partial charge in [-0.15, -0.1) is 21.5 Å². The minimum absolute atomic E-state index is 0.0649. The molecule has 0 aliphatic carbocycles. The zero-order valence-corrected chi connectivity index (χ0v) is 15.6. The summed E-state index contributed by atoms with van der Waals surface area (Å²) in [4.78, 5) is 24.3. The number of hydrogen-bond donors (Lipinski definition) is 2. The summed E-state index contributed by atoms with van der Waals surface area (Å²) in [6.07, 6.45) is 1.58. The number of hydrogen-bond acceptors (Lipinski definition) is 6. The molecule has 0 aliphatic rings. The molecule has 2 heterocycles. The summed E-state index contributed by atoms with van der Waals surface area (Å²) in [6, 6.07) is 11.3. The fourth-order valence-corrected chi connectivity index (χ4v) is 3.62. The van der Waals surface area contributed by atoms with E-state index in [1.165, 1.54) is 18.7 Å². The summed E-state index contributed by atoms with van der Waals surface area (Å²) in [5, 5.41) is 16.2. The van der Waals surface area contributed by atoms with Crippen LogP contribution in [0.4, 0.5) is 5.69 Å². The SMILES string of the molecule is CC(=O)Nc1cccc(-n2cnnc2SCC(=O)NCc2cccs2)c1. The van der Waals surface area contributed by atoms with Gasteiger partial charge in [0.05, 0.1) is 18.0 Å². The average molecular weight is 387 g/mol. The van der Waals surface area contributed by atoms with E-state index in [9.17, 15) is 9.59 Å². The maximum atomic E-state index is 12.0. The Bertz CT molecular complexity index is 892. The third-order valence-corrected chi connectivity index (χ3v) is 5.15. The van der Waals surface area contributed by atoms with Crippen LogP contribution in [0, 0.1) is 0 Å². The van der Waals surface area contributed by atoms with Crippen LogP contribution in [-0.4, -0.2) is 32.3 Å². The number of thioether (sulfide) groups is 1. The number of nitrogens with one attached hydrogen (secondary N) is 2. The molecule has 0 spiro atoms. The van der Waals surface area contributed by atoms with Crippen molar-refractivity contribution < 1.29 is 9.59 Å². The fraction of sp³-hybridized carbons (Fsp3) is 0.176. The lowest BCUT2D eigenvalue weighted by Gasteiger charge is -2.09. The number of carbonyl (C=O) groups is 2. The number of thiophene rings is 1. The zero-order chi connectivity index (χ0) is 18.4. The van der Waals surface area contributed by atoms with Crippen molar-refractivity contribution in [1.29, 1.82) is 0 Å². The summed E-state index contributed by atoms with van der Waals surface area (Å²) in [7, 11) is 0. The maximum absolute atomic E-state index is 12.0. The van der Waals surface area contributed by atoms with Gasteiger partial charge in [-0.05, 0) is 29.6 Å². The van der Waals surface area contributed by atoms with Gasteiger partial charge in [0.2, 0.25) is 11.8 Å². The summed E-state index contributed by atoms with van der Waals surface area (Å²) in [6.45, 7) is 1.99. The van der Waals surface area contributed by atoms with Crippen LogP contribution in [0.3, 0.4) is 0 Å². The fourth-order valence-electron chi connectivity index (χ4n) is 2.22. The van der Waals surface area contributed by atoms with Crippen molar-refractivity contribution in [3.05, 3.63) is 53.0 Å².